The molecule has 1 heterocycles. The van der Waals surface area contributed by atoms with Gasteiger partial charge in [-0.3, -0.25) is 0 Å². The van der Waals surface area contributed by atoms with E-state index >= 15 is 0 Å². The summed E-state index contributed by atoms with van der Waals surface area (Å²) in [5, 5.41) is 8.80. The maximum absolute atomic E-state index is 10.7. The van der Waals surface area contributed by atoms with Crippen molar-refractivity contribution in [3.63, 3.8) is 0 Å². The van der Waals surface area contributed by atoms with Gasteiger partial charge in [-0.2, -0.15) is 0 Å². The number of hydrogen-bond donors (Lipinski definition) is 1. The van der Waals surface area contributed by atoms with Gasteiger partial charge in [0.2, 0.25) is 0 Å². The van der Waals surface area contributed by atoms with Crippen LogP contribution < -0.4 is 0 Å². The maximum atomic E-state index is 10.7. The number of halogens is 1. The van der Waals surface area contributed by atoms with Gasteiger partial charge in [0.25, 0.3) is 0 Å². The van der Waals surface area contributed by atoms with Crippen LogP contribution in [0.4, 0.5) is 0 Å². The van der Waals surface area contributed by atoms with Crippen molar-refractivity contribution in [2.45, 2.75) is 18.9 Å². The quantitative estimate of drug-likeness (QED) is 0.724. The van der Waals surface area contributed by atoms with Crippen molar-refractivity contribution in [1.29, 1.82) is 0 Å². The van der Waals surface area contributed by atoms with Crippen molar-refractivity contribution in [3.8, 4) is 0 Å². The zero-order valence-electron chi connectivity index (χ0n) is 6.00. The van der Waals surface area contributed by atoms with Crippen LogP contribution in [0.25, 0.3) is 0 Å². The molecule has 0 aliphatic carbocycles. The maximum Gasteiger partial charge on any atom is 0.332 e. The van der Waals surface area contributed by atoms with E-state index in [1.165, 1.54) is 11.8 Å². The Labute approximate surface area is 73.8 Å². The number of carboxylic acid groups (broad SMARTS) is 1. The largest absolute Gasteiger partial charge is 0.479 e. The summed E-state index contributed by atoms with van der Waals surface area (Å²) < 4.78 is 0.356. The lowest BCUT2D eigenvalue weighted by Gasteiger charge is -2.16. The number of hydrogen-bond acceptors (Lipinski definition) is 3. The molecule has 1 rings (SSSR count). The molecule has 1 unspecified atom stereocenters. The summed E-state index contributed by atoms with van der Waals surface area (Å²) in [6.07, 6.45) is 0.492. The van der Waals surface area contributed by atoms with Gasteiger partial charge in [-0.25, -0.2) is 9.79 Å². The summed E-state index contributed by atoms with van der Waals surface area (Å²) in [4.78, 5) is 14.6. The number of carboxylic acids is 1. The first-order valence-corrected chi connectivity index (χ1v) is 4.58. The molecule has 1 aliphatic heterocycles. The Hall–Kier alpha value is -0.220. The van der Waals surface area contributed by atoms with Crippen LogP contribution in [0.3, 0.4) is 0 Å². The van der Waals surface area contributed by atoms with Crippen LogP contribution in [0.5, 0.6) is 0 Å². The molecule has 1 N–H and O–H groups in total. The predicted octanol–water partition coefficient (Wildman–Crippen LogP) is 1.56. The van der Waals surface area contributed by atoms with E-state index in [4.69, 9.17) is 16.7 Å². The van der Waals surface area contributed by atoms with Crippen LogP contribution >= 0.6 is 23.4 Å². The summed E-state index contributed by atoms with van der Waals surface area (Å²) in [5.74, 6) is -0.430. The van der Waals surface area contributed by atoms with E-state index in [1.807, 2.05) is 0 Å². The van der Waals surface area contributed by atoms with Crippen molar-refractivity contribution in [1.82, 2.24) is 0 Å². The van der Waals surface area contributed by atoms with Crippen LogP contribution in [0.1, 0.15) is 13.3 Å². The second-order valence-electron chi connectivity index (χ2n) is 2.34. The average Bonchev–Trinajstić information content (AvgIpc) is 2.33. The smallest absolute Gasteiger partial charge is 0.332 e. The molecular weight excluding hydrogens is 186 g/mol. The van der Waals surface area contributed by atoms with E-state index in [0.29, 0.717) is 16.7 Å². The van der Waals surface area contributed by atoms with Gasteiger partial charge in [-0.15, -0.1) is 0 Å². The van der Waals surface area contributed by atoms with E-state index < -0.39 is 11.5 Å². The summed E-state index contributed by atoms with van der Waals surface area (Å²) in [5.41, 5.74) is -0.957. The standard InChI is InChI=1S/C6H8ClNO2S/c1-2-6(4(9)10)3-11-5(7)8-6/h2-3H2,1H3,(H,9,10). The third kappa shape index (κ3) is 1.51. The van der Waals surface area contributed by atoms with Crippen LogP contribution in [0, 0.1) is 0 Å². The van der Waals surface area contributed by atoms with Crippen molar-refractivity contribution in [2.24, 2.45) is 4.99 Å². The fraction of sp³-hybridized carbons (Fsp3) is 0.667. The van der Waals surface area contributed by atoms with Crippen molar-refractivity contribution in [3.05, 3.63) is 0 Å². The minimum absolute atomic E-state index is 0.356. The van der Waals surface area contributed by atoms with Crippen LogP contribution in [-0.2, 0) is 4.79 Å². The normalized spacial score (nSPS) is 30.2. The molecule has 3 nitrogen and oxygen atoms in total. The Balaban J connectivity index is 2.87. The summed E-state index contributed by atoms with van der Waals surface area (Å²) >= 11 is 6.86. The Morgan fingerprint density at radius 3 is 2.82 bits per heavy atom. The van der Waals surface area contributed by atoms with Crippen molar-refractivity contribution >= 4 is 33.8 Å². The Morgan fingerprint density at radius 2 is 2.64 bits per heavy atom. The second kappa shape index (κ2) is 3.03. The van der Waals surface area contributed by atoms with Gasteiger partial charge in [-0.05, 0) is 6.42 Å². The zero-order chi connectivity index (χ0) is 8.48. The van der Waals surface area contributed by atoms with E-state index in [9.17, 15) is 4.79 Å². The van der Waals surface area contributed by atoms with Gasteiger partial charge >= 0.3 is 5.97 Å². The first kappa shape index (κ1) is 8.87. The monoisotopic (exact) mass is 193 g/mol. The van der Waals surface area contributed by atoms with Crippen molar-refractivity contribution < 1.29 is 9.90 Å². The molecule has 5 heteroatoms. The predicted molar refractivity (Wildman–Crippen MR) is 46.4 cm³/mol. The first-order chi connectivity index (χ1) is 5.10. The topological polar surface area (TPSA) is 49.7 Å². The number of thioether (sulfide) groups is 1. The molecule has 0 spiro atoms. The third-order valence-corrected chi connectivity index (χ3v) is 3.08. The van der Waals surface area contributed by atoms with Crippen LogP contribution in [-0.4, -0.2) is 26.9 Å². The molecule has 0 bridgehead atoms. The van der Waals surface area contributed by atoms with Gasteiger partial charge in [0.15, 0.2) is 10.0 Å². The minimum atomic E-state index is -0.957. The summed E-state index contributed by atoms with van der Waals surface area (Å²) in [7, 11) is 0. The van der Waals surface area contributed by atoms with Gasteiger partial charge in [0, 0.05) is 5.75 Å². The van der Waals surface area contributed by atoms with E-state index in [-0.39, 0.29) is 0 Å². The Morgan fingerprint density at radius 1 is 2.00 bits per heavy atom. The van der Waals surface area contributed by atoms with Crippen LogP contribution in [0.15, 0.2) is 4.99 Å². The number of aliphatic carboxylic acids is 1. The number of nitrogens with zero attached hydrogens (tertiary/aromatic N) is 1. The molecule has 1 atom stereocenters. The molecule has 0 aromatic heterocycles. The third-order valence-electron chi connectivity index (χ3n) is 1.71. The highest BCUT2D eigenvalue weighted by atomic mass is 35.5. The minimum Gasteiger partial charge on any atom is -0.479 e. The number of carbonyl (C=O) groups is 1. The molecule has 0 amide bonds. The number of aliphatic imine (C=N–C) groups is 1. The fourth-order valence-corrected chi connectivity index (χ4v) is 2.17. The lowest BCUT2D eigenvalue weighted by Crippen LogP contribution is -2.36. The molecule has 0 radical (unpaired) electrons. The highest BCUT2D eigenvalue weighted by molar-refractivity contribution is 8.17. The Kier molecular flexibility index (Phi) is 2.44. The molecular formula is C6H8ClNO2S. The summed E-state index contributed by atoms with van der Waals surface area (Å²) in [6, 6.07) is 0. The van der Waals surface area contributed by atoms with Gasteiger partial charge < -0.3 is 5.11 Å². The molecule has 0 aromatic rings. The Bertz CT molecular complexity index is 219. The van der Waals surface area contributed by atoms with Crippen LogP contribution in [0.2, 0.25) is 0 Å². The van der Waals surface area contributed by atoms with Gasteiger partial charge in [0.1, 0.15) is 0 Å². The van der Waals surface area contributed by atoms with E-state index in [0.717, 1.165) is 0 Å². The lowest BCUT2D eigenvalue weighted by atomic mass is 10.0. The summed E-state index contributed by atoms with van der Waals surface area (Å²) in [6.45, 7) is 1.80. The second-order valence-corrected chi connectivity index (χ2v) is 3.89. The number of rotatable bonds is 2. The average molecular weight is 194 g/mol. The van der Waals surface area contributed by atoms with E-state index in [1.54, 1.807) is 6.92 Å². The molecule has 11 heavy (non-hydrogen) atoms. The van der Waals surface area contributed by atoms with Gasteiger partial charge in [-0.1, -0.05) is 30.3 Å². The first-order valence-electron chi connectivity index (χ1n) is 3.22. The molecule has 62 valence electrons. The molecule has 0 aromatic carbocycles. The highest BCUT2D eigenvalue weighted by Crippen LogP contribution is 2.32. The van der Waals surface area contributed by atoms with Crippen molar-refractivity contribution in [2.75, 3.05) is 5.75 Å². The molecule has 0 fully saturated rings. The molecule has 1 aliphatic rings. The molecule has 0 saturated heterocycles. The highest BCUT2D eigenvalue weighted by Gasteiger charge is 2.40. The van der Waals surface area contributed by atoms with E-state index in [2.05, 4.69) is 4.99 Å². The fourth-order valence-electron chi connectivity index (χ4n) is 0.854. The SMILES string of the molecule is CCC1(C(=O)O)CSC(Cl)=N1. The zero-order valence-corrected chi connectivity index (χ0v) is 7.58. The lowest BCUT2D eigenvalue weighted by molar-refractivity contribution is -0.142. The molecule has 0 saturated carbocycles. The van der Waals surface area contributed by atoms with Gasteiger partial charge in [0.05, 0.1) is 0 Å².